The van der Waals surface area contributed by atoms with Crippen LogP contribution in [0.4, 0.5) is 0 Å². The molecule has 0 aliphatic carbocycles. The first-order valence-corrected chi connectivity index (χ1v) is 11.8. The molecule has 4 nitrogen and oxygen atoms in total. The number of aliphatic imine (C=N–C) groups is 1. The van der Waals surface area contributed by atoms with Crippen LogP contribution < -0.4 is 0 Å². The first-order chi connectivity index (χ1) is 14.6. The van der Waals surface area contributed by atoms with Gasteiger partial charge in [-0.25, -0.2) is 0 Å². The fraction of sp³-hybridized carbons (Fsp3) is 0.333. The van der Waals surface area contributed by atoms with Gasteiger partial charge in [-0.05, 0) is 68.3 Å². The summed E-state index contributed by atoms with van der Waals surface area (Å²) in [5.74, 6) is 1.11. The van der Waals surface area contributed by atoms with Gasteiger partial charge in [-0.3, -0.25) is 9.98 Å². The first kappa shape index (κ1) is 19.7. The van der Waals surface area contributed by atoms with Crippen LogP contribution >= 0.6 is 23.4 Å². The van der Waals surface area contributed by atoms with Crippen molar-refractivity contribution in [2.24, 2.45) is 4.99 Å². The maximum absolute atomic E-state index is 6.13. The van der Waals surface area contributed by atoms with Crippen LogP contribution in [0.1, 0.15) is 48.1 Å². The van der Waals surface area contributed by atoms with E-state index in [4.69, 9.17) is 16.6 Å². The van der Waals surface area contributed by atoms with Gasteiger partial charge in [-0.15, -0.1) is 0 Å². The molecule has 0 saturated carbocycles. The summed E-state index contributed by atoms with van der Waals surface area (Å²) in [5.41, 5.74) is 5.98. The Hall–Kier alpha value is -2.24. The molecule has 0 N–H and O–H groups in total. The molecule has 3 atom stereocenters. The quantitative estimate of drug-likeness (QED) is 0.493. The van der Waals surface area contributed by atoms with Crippen molar-refractivity contribution in [3.63, 3.8) is 0 Å². The van der Waals surface area contributed by atoms with E-state index >= 15 is 0 Å². The van der Waals surface area contributed by atoms with Gasteiger partial charge in [0, 0.05) is 40.1 Å². The number of thioether (sulfide) groups is 1. The third-order valence-corrected chi connectivity index (χ3v) is 7.58. The maximum Gasteiger partial charge on any atom is 0.160 e. The predicted octanol–water partition coefficient (Wildman–Crippen LogP) is 6.12. The average molecular weight is 437 g/mol. The SMILES string of the molecule is CC[C@H]1CSC2=N[C@@H](c3ccccn3)[C@@H](c3cc(C)n(-c4ccc(Cl)cc4)c3C)N21. The topological polar surface area (TPSA) is 33.4 Å². The van der Waals surface area contributed by atoms with E-state index in [2.05, 4.69) is 65.6 Å². The Bertz CT molecular complexity index is 1090. The highest BCUT2D eigenvalue weighted by molar-refractivity contribution is 8.14. The Morgan fingerprint density at radius 1 is 1.13 bits per heavy atom. The van der Waals surface area contributed by atoms with Gasteiger partial charge >= 0.3 is 0 Å². The van der Waals surface area contributed by atoms with Gasteiger partial charge in [0.15, 0.2) is 5.17 Å². The van der Waals surface area contributed by atoms with E-state index in [9.17, 15) is 0 Å². The van der Waals surface area contributed by atoms with Crippen molar-refractivity contribution >= 4 is 28.5 Å². The van der Waals surface area contributed by atoms with Gasteiger partial charge in [0.05, 0.1) is 11.7 Å². The lowest BCUT2D eigenvalue weighted by atomic mass is 9.95. The van der Waals surface area contributed by atoms with E-state index in [0.717, 1.165) is 28.6 Å². The third kappa shape index (κ3) is 3.15. The number of nitrogens with zero attached hydrogens (tertiary/aromatic N) is 4. The second kappa shape index (κ2) is 7.78. The molecular weight excluding hydrogens is 412 g/mol. The Balaban J connectivity index is 1.63. The molecule has 1 fully saturated rings. The van der Waals surface area contributed by atoms with Crippen LogP contribution in [0.15, 0.2) is 59.7 Å². The number of hydrogen-bond donors (Lipinski definition) is 0. The molecule has 3 aromatic rings. The van der Waals surface area contributed by atoms with E-state index in [0.29, 0.717) is 6.04 Å². The first-order valence-electron chi connectivity index (χ1n) is 10.4. The number of benzene rings is 1. The minimum atomic E-state index is 0.0159. The van der Waals surface area contributed by atoms with Crippen molar-refractivity contribution < 1.29 is 0 Å². The highest BCUT2D eigenvalue weighted by Crippen LogP contribution is 2.49. The van der Waals surface area contributed by atoms with Crippen LogP contribution in [0.2, 0.25) is 5.02 Å². The van der Waals surface area contributed by atoms with Crippen molar-refractivity contribution in [2.75, 3.05) is 5.75 Å². The number of pyridine rings is 1. The summed E-state index contributed by atoms with van der Waals surface area (Å²) < 4.78 is 2.32. The Morgan fingerprint density at radius 2 is 1.93 bits per heavy atom. The Labute approximate surface area is 187 Å². The van der Waals surface area contributed by atoms with Crippen molar-refractivity contribution in [2.45, 2.75) is 45.3 Å². The number of hydrogen-bond acceptors (Lipinski definition) is 4. The largest absolute Gasteiger partial charge is 0.338 e. The third-order valence-electron chi connectivity index (χ3n) is 6.20. The van der Waals surface area contributed by atoms with Crippen LogP contribution in [0, 0.1) is 13.8 Å². The lowest BCUT2D eigenvalue weighted by molar-refractivity contribution is 0.254. The van der Waals surface area contributed by atoms with Crippen LogP contribution in [0.25, 0.3) is 5.69 Å². The monoisotopic (exact) mass is 436 g/mol. The molecule has 4 heterocycles. The van der Waals surface area contributed by atoms with Crippen LogP contribution in [-0.4, -0.2) is 31.4 Å². The summed E-state index contributed by atoms with van der Waals surface area (Å²) in [5, 5.41) is 1.92. The molecule has 1 aromatic carbocycles. The summed E-state index contributed by atoms with van der Waals surface area (Å²) in [6.07, 6.45) is 2.99. The normalized spacial score (nSPS) is 23.0. The van der Waals surface area contributed by atoms with E-state index in [1.807, 2.05) is 36.2 Å². The number of amidine groups is 1. The van der Waals surface area contributed by atoms with Crippen molar-refractivity contribution in [3.05, 3.63) is 82.4 Å². The average Bonchev–Trinajstić information content (AvgIpc) is 3.41. The zero-order valence-corrected chi connectivity index (χ0v) is 19.0. The lowest BCUT2D eigenvalue weighted by Crippen LogP contribution is -2.35. The molecule has 2 aromatic heterocycles. The molecule has 0 amide bonds. The molecule has 154 valence electrons. The zero-order valence-electron chi connectivity index (χ0n) is 17.4. The fourth-order valence-electron chi connectivity index (χ4n) is 4.76. The van der Waals surface area contributed by atoms with Gasteiger partial charge in [0.2, 0.25) is 0 Å². The molecule has 2 aliphatic heterocycles. The number of halogens is 1. The van der Waals surface area contributed by atoms with Crippen LogP contribution in [0.5, 0.6) is 0 Å². The predicted molar refractivity (Wildman–Crippen MR) is 126 cm³/mol. The second-order valence-electron chi connectivity index (χ2n) is 7.97. The van der Waals surface area contributed by atoms with Gasteiger partial charge in [0.1, 0.15) is 6.04 Å². The minimum absolute atomic E-state index is 0.0159. The molecule has 6 heteroatoms. The van der Waals surface area contributed by atoms with Crippen LogP contribution in [0.3, 0.4) is 0 Å². The second-order valence-corrected chi connectivity index (χ2v) is 9.40. The molecular formula is C24H25ClN4S. The van der Waals surface area contributed by atoms with Crippen molar-refractivity contribution in [1.29, 1.82) is 0 Å². The summed E-state index contributed by atoms with van der Waals surface area (Å²) in [6.45, 7) is 6.67. The number of rotatable bonds is 4. The Morgan fingerprint density at radius 3 is 2.63 bits per heavy atom. The molecule has 0 spiro atoms. The van der Waals surface area contributed by atoms with E-state index in [1.165, 1.54) is 22.1 Å². The number of fused-ring (bicyclic) bond motifs is 1. The zero-order chi connectivity index (χ0) is 20.8. The summed E-state index contributed by atoms with van der Waals surface area (Å²) in [6, 6.07) is 17.2. The van der Waals surface area contributed by atoms with Gasteiger partial charge < -0.3 is 9.47 Å². The lowest BCUT2D eigenvalue weighted by Gasteiger charge is -2.32. The molecule has 0 radical (unpaired) electrons. The molecule has 0 bridgehead atoms. The van der Waals surface area contributed by atoms with Crippen molar-refractivity contribution in [3.8, 4) is 5.69 Å². The summed E-state index contributed by atoms with van der Waals surface area (Å²) >= 11 is 8.01. The van der Waals surface area contributed by atoms with E-state index < -0.39 is 0 Å². The number of aryl methyl sites for hydroxylation is 1. The fourth-order valence-corrected chi connectivity index (χ4v) is 6.22. The number of aromatic nitrogens is 2. The smallest absolute Gasteiger partial charge is 0.160 e. The molecule has 1 saturated heterocycles. The highest BCUT2D eigenvalue weighted by atomic mass is 35.5. The maximum atomic E-state index is 6.13. The molecule has 2 aliphatic rings. The Kier molecular flexibility index (Phi) is 5.11. The highest BCUT2D eigenvalue weighted by Gasteiger charge is 2.46. The van der Waals surface area contributed by atoms with Crippen LogP contribution in [-0.2, 0) is 0 Å². The van der Waals surface area contributed by atoms with E-state index in [1.54, 1.807) is 0 Å². The minimum Gasteiger partial charge on any atom is -0.338 e. The van der Waals surface area contributed by atoms with Crippen molar-refractivity contribution in [1.82, 2.24) is 14.5 Å². The van der Waals surface area contributed by atoms with Gasteiger partial charge in [-0.2, -0.15) is 0 Å². The van der Waals surface area contributed by atoms with E-state index in [-0.39, 0.29) is 12.1 Å². The summed E-state index contributed by atoms with van der Waals surface area (Å²) in [7, 11) is 0. The molecule has 5 rings (SSSR count). The van der Waals surface area contributed by atoms with Gasteiger partial charge in [0.25, 0.3) is 0 Å². The van der Waals surface area contributed by atoms with Gasteiger partial charge in [-0.1, -0.05) is 36.4 Å². The standard InChI is InChI=1S/C24H25ClN4S/c1-4-18-14-30-24-27-22(21-7-5-6-12-26-21)23(29(18)24)20-13-15(2)28(16(20)3)19-10-8-17(25)9-11-19/h5-13,18,22-23H,4,14H2,1-3H3/t18-,22-,23+/m0/s1. The molecule has 30 heavy (non-hydrogen) atoms. The molecule has 0 unspecified atom stereocenters. The summed E-state index contributed by atoms with van der Waals surface area (Å²) in [4.78, 5) is 12.4.